The van der Waals surface area contributed by atoms with Gasteiger partial charge in [0, 0.05) is 26.1 Å². The molecule has 0 saturated carbocycles. The molecule has 3 nitrogen and oxygen atoms in total. The summed E-state index contributed by atoms with van der Waals surface area (Å²) in [5.41, 5.74) is 0. The van der Waals surface area contributed by atoms with Crippen LogP contribution in [-0.2, 0) is 4.79 Å². The summed E-state index contributed by atoms with van der Waals surface area (Å²) in [5, 5.41) is 6.90. The topological polar surface area (TPSA) is 43.2 Å². The molecule has 51 valence electrons. The Kier molecular flexibility index (Phi) is 2.51. The number of carbonyl (C=O) groups is 1. The Labute approximate surface area is 54.8 Å². The van der Waals surface area contributed by atoms with Crippen LogP contribution >= 0.6 is 0 Å². The molecule has 0 spiro atoms. The normalized spacial score (nSPS) is 22.0. The maximum absolute atomic E-state index is 10.7. The highest BCUT2D eigenvalue weighted by atomic mass is 16.1. The number of nitrogens with one attached hydrogen (secondary N) is 1. The van der Waals surface area contributed by atoms with Crippen LogP contribution in [0.25, 0.3) is 0 Å². The van der Waals surface area contributed by atoms with E-state index >= 15 is 0 Å². The Morgan fingerprint density at radius 2 is 2.33 bits per heavy atom. The van der Waals surface area contributed by atoms with Crippen molar-refractivity contribution in [1.29, 1.82) is 0 Å². The Hall–Kier alpha value is -0.570. The van der Waals surface area contributed by atoms with Gasteiger partial charge in [-0.3, -0.25) is 4.79 Å². The van der Waals surface area contributed by atoms with Gasteiger partial charge >= 0.3 is 0 Å². The summed E-state index contributed by atoms with van der Waals surface area (Å²) in [5.74, 6) is 0.171. The van der Waals surface area contributed by atoms with E-state index in [9.17, 15) is 4.79 Å². The maximum Gasteiger partial charge on any atom is 0.220 e. The summed E-state index contributed by atoms with van der Waals surface area (Å²) in [6, 6.07) is 0. The third kappa shape index (κ3) is 2.46. The van der Waals surface area contributed by atoms with Gasteiger partial charge in [0.2, 0.25) is 5.91 Å². The lowest BCUT2D eigenvalue weighted by Crippen LogP contribution is -2.32. The summed E-state index contributed by atoms with van der Waals surface area (Å²) in [6.45, 7) is 2.36. The van der Waals surface area contributed by atoms with Gasteiger partial charge in [-0.15, -0.1) is 0 Å². The minimum atomic E-state index is 0.171. The van der Waals surface area contributed by atoms with Gasteiger partial charge in [-0.2, -0.15) is 0 Å². The molecule has 9 heavy (non-hydrogen) atoms. The van der Waals surface area contributed by atoms with Crippen LogP contribution in [0.2, 0.25) is 0 Å². The van der Waals surface area contributed by atoms with Crippen LogP contribution in [0.3, 0.4) is 0 Å². The summed E-state index contributed by atoms with van der Waals surface area (Å²) in [4.78, 5) is 10.7. The second kappa shape index (κ2) is 3.45. The van der Waals surface area contributed by atoms with Crippen molar-refractivity contribution in [3.8, 4) is 0 Å². The summed E-state index contributed by atoms with van der Waals surface area (Å²) >= 11 is 0. The van der Waals surface area contributed by atoms with E-state index in [1.165, 1.54) is 0 Å². The molecular weight excluding hydrogens is 116 g/mol. The fraction of sp³-hybridized carbons (Fsp3) is 0.833. The first-order chi connectivity index (χ1) is 4.39. The highest BCUT2D eigenvalue weighted by Crippen LogP contribution is 1.89. The molecule has 1 N–H and O–H groups in total. The molecule has 3 heteroatoms. The largest absolute Gasteiger partial charge is 0.355 e. The molecule has 1 aliphatic rings. The van der Waals surface area contributed by atoms with Crippen LogP contribution in [0.4, 0.5) is 0 Å². The average Bonchev–Trinajstić information content (AvgIpc) is 1.79. The van der Waals surface area contributed by atoms with Crippen molar-refractivity contribution in [2.75, 3.05) is 19.6 Å². The van der Waals surface area contributed by atoms with Crippen molar-refractivity contribution in [2.45, 2.75) is 12.8 Å². The Bertz CT molecular complexity index is 93.2. The summed E-state index contributed by atoms with van der Waals surface area (Å²) in [7, 11) is 0. The van der Waals surface area contributed by atoms with Gasteiger partial charge in [-0.25, -0.2) is 5.32 Å². The van der Waals surface area contributed by atoms with Crippen molar-refractivity contribution in [3.05, 3.63) is 0 Å². The first-order valence-electron chi connectivity index (χ1n) is 3.29. The third-order valence-corrected chi connectivity index (χ3v) is 1.31. The van der Waals surface area contributed by atoms with Crippen LogP contribution in [0, 0.1) is 0 Å². The standard InChI is InChI=1S/C6H11N2O/c9-6-2-1-3-7-4-5-8-6/h1-5H2,(H,8,9). The zero-order valence-corrected chi connectivity index (χ0v) is 5.39. The van der Waals surface area contributed by atoms with Gasteiger partial charge in [-0.05, 0) is 6.42 Å². The highest BCUT2D eigenvalue weighted by molar-refractivity contribution is 5.75. The van der Waals surface area contributed by atoms with Gasteiger partial charge in [-0.1, -0.05) is 0 Å². The second-order valence-electron chi connectivity index (χ2n) is 2.12. The van der Waals surface area contributed by atoms with E-state index in [0.717, 1.165) is 26.1 Å². The maximum atomic E-state index is 10.7. The monoisotopic (exact) mass is 127 g/mol. The Morgan fingerprint density at radius 3 is 3.22 bits per heavy atom. The van der Waals surface area contributed by atoms with Gasteiger partial charge in [0.05, 0.1) is 0 Å². The number of rotatable bonds is 0. The van der Waals surface area contributed by atoms with Crippen LogP contribution in [0.15, 0.2) is 0 Å². The average molecular weight is 127 g/mol. The Morgan fingerprint density at radius 1 is 1.44 bits per heavy atom. The fourth-order valence-electron chi connectivity index (χ4n) is 0.826. The minimum absolute atomic E-state index is 0.171. The quantitative estimate of drug-likeness (QED) is 0.468. The van der Waals surface area contributed by atoms with Crippen LogP contribution in [0.5, 0.6) is 0 Å². The molecular formula is C6H11N2O. The molecule has 0 aromatic carbocycles. The predicted octanol–water partition coefficient (Wildman–Crippen LogP) is -0.499. The molecule has 0 aromatic heterocycles. The molecule has 1 fully saturated rings. The SMILES string of the molecule is O=C1CCC[N]CCN1. The molecule has 1 rings (SSSR count). The zero-order valence-electron chi connectivity index (χ0n) is 5.39. The number of nitrogens with zero attached hydrogens (tertiary/aromatic N) is 1. The van der Waals surface area contributed by atoms with E-state index in [1.54, 1.807) is 0 Å². The van der Waals surface area contributed by atoms with Crippen molar-refractivity contribution < 1.29 is 4.79 Å². The predicted molar refractivity (Wildman–Crippen MR) is 34.1 cm³/mol. The lowest BCUT2D eigenvalue weighted by atomic mass is 10.2. The molecule has 0 bridgehead atoms. The van der Waals surface area contributed by atoms with E-state index in [1.807, 2.05) is 0 Å². The van der Waals surface area contributed by atoms with Gasteiger partial charge in [0.15, 0.2) is 0 Å². The second-order valence-corrected chi connectivity index (χ2v) is 2.12. The number of carbonyl (C=O) groups excluding carboxylic acids is 1. The van der Waals surface area contributed by atoms with Crippen LogP contribution in [0.1, 0.15) is 12.8 Å². The first kappa shape index (κ1) is 6.55. The Balaban J connectivity index is 2.20. The van der Waals surface area contributed by atoms with Gasteiger partial charge < -0.3 is 5.32 Å². The van der Waals surface area contributed by atoms with Gasteiger partial charge in [0.25, 0.3) is 0 Å². The molecule has 0 aliphatic carbocycles. The van der Waals surface area contributed by atoms with Crippen molar-refractivity contribution in [2.24, 2.45) is 0 Å². The summed E-state index contributed by atoms with van der Waals surface area (Å²) in [6.07, 6.45) is 1.55. The van der Waals surface area contributed by atoms with Gasteiger partial charge in [0.1, 0.15) is 0 Å². The van der Waals surface area contributed by atoms with Crippen LogP contribution < -0.4 is 10.6 Å². The lowest BCUT2D eigenvalue weighted by molar-refractivity contribution is -0.121. The molecule has 0 unspecified atom stereocenters. The molecule has 0 aromatic rings. The molecule has 0 atom stereocenters. The van der Waals surface area contributed by atoms with Crippen molar-refractivity contribution in [1.82, 2.24) is 10.6 Å². The molecule has 1 heterocycles. The molecule has 1 radical (unpaired) electrons. The summed E-state index contributed by atoms with van der Waals surface area (Å²) < 4.78 is 0. The zero-order chi connectivity index (χ0) is 6.53. The number of hydrogen-bond acceptors (Lipinski definition) is 1. The van der Waals surface area contributed by atoms with E-state index < -0.39 is 0 Å². The van der Waals surface area contributed by atoms with E-state index in [2.05, 4.69) is 10.6 Å². The highest BCUT2D eigenvalue weighted by Gasteiger charge is 2.02. The number of hydrogen-bond donors (Lipinski definition) is 1. The number of amides is 1. The molecule has 1 amide bonds. The van der Waals surface area contributed by atoms with Crippen LogP contribution in [-0.4, -0.2) is 25.5 Å². The fourth-order valence-corrected chi connectivity index (χ4v) is 0.826. The van der Waals surface area contributed by atoms with Crippen molar-refractivity contribution >= 4 is 5.91 Å². The third-order valence-electron chi connectivity index (χ3n) is 1.31. The van der Waals surface area contributed by atoms with Crippen molar-refractivity contribution in [3.63, 3.8) is 0 Å². The smallest absolute Gasteiger partial charge is 0.220 e. The minimum Gasteiger partial charge on any atom is -0.355 e. The molecule has 1 aliphatic heterocycles. The van der Waals surface area contributed by atoms with E-state index in [4.69, 9.17) is 0 Å². The van der Waals surface area contributed by atoms with E-state index in [-0.39, 0.29) is 5.91 Å². The molecule has 1 saturated heterocycles. The lowest BCUT2D eigenvalue weighted by Gasteiger charge is -2.08. The van der Waals surface area contributed by atoms with E-state index in [0.29, 0.717) is 6.42 Å². The first-order valence-corrected chi connectivity index (χ1v) is 3.29.